The number of hydrogen-bond donors (Lipinski definition) is 2. The molecule has 0 aromatic carbocycles. The molecule has 2 rings (SSSR count). The molecule has 0 atom stereocenters. The fourth-order valence-electron chi connectivity index (χ4n) is 2.22. The van der Waals surface area contributed by atoms with Gasteiger partial charge in [0.25, 0.3) is 0 Å². The minimum atomic E-state index is -0.000542. The van der Waals surface area contributed by atoms with Crippen LogP contribution < -0.4 is 10.6 Å². The fourth-order valence-corrected chi connectivity index (χ4v) is 2.22. The zero-order chi connectivity index (χ0) is 18.1. The Labute approximate surface area is 171 Å². The van der Waals surface area contributed by atoms with E-state index >= 15 is 0 Å². The Bertz CT molecular complexity index is 702. The van der Waals surface area contributed by atoms with Crippen molar-refractivity contribution >= 4 is 35.8 Å². The molecule has 142 valence electrons. The van der Waals surface area contributed by atoms with E-state index in [2.05, 4.69) is 25.7 Å². The normalized spacial score (nSPS) is 10.8. The molecule has 0 saturated heterocycles. The summed E-state index contributed by atoms with van der Waals surface area (Å²) in [6.45, 7) is 1.39. The van der Waals surface area contributed by atoms with E-state index in [1.54, 1.807) is 36.1 Å². The van der Waals surface area contributed by atoms with Gasteiger partial charge in [0, 0.05) is 52.2 Å². The average molecular weight is 471 g/mol. The van der Waals surface area contributed by atoms with E-state index in [1.165, 1.54) is 0 Å². The van der Waals surface area contributed by atoms with E-state index in [0.29, 0.717) is 19.0 Å². The van der Waals surface area contributed by atoms with Gasteiger partial charge in [-0.3, -0.25) is 19.5 Å². The Hall–Kier alpha value is -2.17. The summed E-state index contributed by atoms with van der Waals surface area (Å²) in [5, 5.41) is 10.3. The third kappa shape index (κ3) is 6.98. The number of carbonyl (C=O) groups excluding carboxylic acids is 1. The van der Waals surface area contributed by atoms with E-state index in [4.69, 9.17) is 0 Å². The highest BCUT2D eigenvalue weighted by molar-refractivity contribution is 14.0. The minimum absolute atomic E-state index is 0. The van der Waals surface area contributed by atoms with Crippen LogP contribution in [0.5, 0.6) is 0 Å². The van der Waals surface area contributed by atoms with Crippen LogP contribution in [0.3, 0.4) is 0 Å². The first kappa shape index (κ1) is 21.9. The SMILES string of the molecule is CN=C(NCC(=O)N(C)CCc1ccccn1)NCc1ccnn1C.I. The molecule has 0 aliphatic rings. The topological polar surface area (TPSA) is 87.4 Å². The molecule has 0 spiro atoms. The second kappa shape index (κ2) is 11.4. The number of pyridine rings is 1. The number of rotatable bonds is 7. The van der Waals surface area contributed by atoms with Gasteiger partial charge in [0.05, 0.1) is 18.8 Å². The number of halogens is 1. The molecule has 2 aromatic rings. The van der Waals surface area contributed by atoms with Crippen LogP contribution in [0.25, 0.3) is 0 Å². The van der Waals surface area contributed by atoms with Gasteiger partial charge in [-0.05, 0) is 18.2 Å². The van der Waals surface area contributed by atoms with Crippen molar-refractivity contribution in [3.63, 3.8) is 0 Å². The highest BCUT2D eigenvalue weighted by Gasteiger charge is 2.10. The van der Waals surface area contributed by atoms with Gasteiger partial charge in [0.2, 0.25) is 5.91 Å². The Balaban J connectivity index is 0.00000338. The average Bonchev–Trinajstić information content (AvgIpc) is 3.05. The van der Waals surface area contributed by atoms with Gasteiger partial charge in [0.15, 0.2) is 5.96 Å². The third-order valence-electron chi connectivity index (χ3n) is 3.85. The van der Waals surface area contributed by atoms with Crippen LogP contribution in [0, 0.1) is 0 Å². The predicted octanol–water partition coefficient (Wildman–Crippen LogP) is 0.799. The molecule has 26 heavy (non-hydrogen) atoms. The van der Waals surface area contributed by atoms with Crippen LogP contribution in [-0.2, 0) is 24.8 Å². The molecule has 0 aliphatic carbocycles. The lowest BCUT2D eigenvalue weighted by Crippen LogP contribution is -2.44. The fraction of sp³-hybridized carbons (Fsp3) is 0.412. The Morgan fingerprint density at radius 1 is 1.27 bits per heavy atom. The highest BCUT2D eigenvalue weighted by Crippen LogP contribution is 1.97. The minimum Gasteiger partial charge on any atom is -0.351 e. The molecule has 0 bridgehead atoms. The number of amides is 1. The predicted molar refractivity (Wildman–Crippen MR) is 112 cm³/mol. The maximum absolute atomic E-state index is 12.2. The first-order chi connectivity index (χ1) is 12.1. The number of carbonyl (C=O) groups is 1. The van der Waals surface area contributed by atoms with Gasteiger partial charge in [-0.1, -0.05) is 6.07 Å². The molecule has 2 aromatic heterocycles. The zero-order valence-corrected chi connectivity index (χ0v) is 17.7. The van der Waals surface area contributed by atoms with Gasteiger partial charge >= 0.3 is 0 Å². The lowest BCUT2D eigenvalue weighted by molar-refractivity contribution is -0.128. The smallest absolute Gasteiger partial charge is 0.241 e. The molecule has 2 N–H and O–H groups in total. The summed E-state index contributed by atoms with van der Waals surface area (Å²) in [5.41, 5.74) is 2.01. The maximum Gasteiger partial charge on any atom is 0.241 e. The summed E-state index contributed by atoms with van der Waals surface area (Å²) in [5.74, 6) is 0.576. The largest absolute Gasteiger partial charge is 0.351 e. The van der Waals surface area contributed by atoms with Crippen LogP contribution in [-0.4, -0.2) is 58.7 Å². The summed E-state index contributed by atoms with van der Waals surface area (Å²) in [4.78, 5) is 22.3. The lowest BCUT2D eigenvalue weighted by Gasteiger charge is -2.18. The van der Waals surface area contributed by atoms with Crippen molar-refractivity contribution in [1.82, 2.24) is 30.3 Å². The summed E-state index contributed by atoms with van der Waals surface area (Å²) in [6, 6.07) is 7.72. The van der Waals surface area contributed by atoms with Crippen LogP contribution >= 0.6 is 24.0 Å². The number of aliphatic imine (C=N–C) groups is 1. The Morgan fingerprint density at radius 3 is 2.69 bits per heavy atom. The van der Waals surface area contributed by atoms with Gasteiger partial charge in [-0.25, -0.2) is 0 Å². The first-order valence-electron chi connectivity index (χ1n) is 8.15. The second-order valence-corrected chi connectivity index (χ2v) is 5.61. The number of aromatic nitrogens is 3. The van der Waals surface area contributed by atoms with Crippen molar-refractivity contribution < 1.29 is 4.79 Å². The molecule has 9 heteroatoms. The van der Waals surface area contributed by atoms with Gasteiger partial charge in [-0.2, -0.15) is 5.10 Å². The number of aryl methyl sites for hydroxylation is 1. The Kier molecular flexibility index (Phi) is 9.63. The standard InChI is InChI=1S/C17H25N7O.HI/c1-18-17(20-12-15-7-10-22-24(15)3)21-13-16(25)23(2)11-8-14-6-4-5-9-19-14;/h4-7,9-10H,8,11-13H2,1-3H3,(H2,18,20,21);1H. The molecule has 0 fully saturated rings. The number of likely N-dealkylation sites (N-methyl/N-ethyl adjacent to an activating group) is 1. The van der Waals surface area contributed by atoms with Gasteiger partial charge < -0.3 is 15.5 Å². The summed E-state index contributed by atoms with van der Waals surface area (Å²) in [7, 11) is 5.35. The van der Waals surface area contributed by atoms with Gasteiger partial charge in [-0.15, -0.1) is 24.0 Å². The number of nitrogens with zero attached hydrogens (tertiary/aromatic N) is 5. The van der Waals surface area contributed by atoms with Crippen molar-refractivity contribution in [1.29, 1.82) is 0 Å². The third-order valence-corrected chi connectivity index (χ3v) is 3.85. The van der Waals surface area contributed by atoms with E-state index in [-0.39, 0.29) is 36.4 Å². The van der Waals surface area contributed by atoms with Crippen LogP contribution in [0.2, 0.25) is 0 Å². The van der Waals surface area contributed by atoms with Gasteiger partial charge in [0.1, 0.15) is 0 Å². The van der Waals surface area contributed by atoms with Crippen molar-refractivity contribution in [2.75, 3.05) is 27.2 Å². The van der Waals surface area contributed by atoms with E-state index in [1.807, 2.05) is 31.3 Å². The number of nitrogens with one attached hydrogen (secondary N) is 2. The van der Waals surface area contributed by atoms with E-state index in [9.17, 15) is 4.79 Å². The van der Waals surface area contributed by atoms with E-state index in [0.717, 1.165) is 17.8 Å². The number of hydrogen-bond acceptors (Lipinski definition) is 4. The van der Waals surface area contributed by atoms with Crippen molar-refractivity contribution in [3.05, 3.63) is 48.0 Å². The van der Waals surface area contributed by atoms with Crippen molar-refractivity contribution in [2.24, 2.45) is 12.0 Å². The van der Waals surface area contributed by atoms with Crippen LogP contribution in [0.4, 0.5) is 0 Å². The summed E-state index contributed by atoms with van der Waals surface area (Å²) >= 11 is 0. The van der Waals surface area contributed by atoms with Crippen molar-refractivity contribution in [3.8, 4) is 0 Å². The summed E-state index contributed by atoms with van der Waals surface area (Å²) in [6.07, 6.45) is 4.24. The lowest BCUT2D eigenvalue weighted by atomic mass is 10.2. The van der Waals surface area contributed by atoms with Crippen LogP contribution in [0.15, 0.2) is 41.7 Å². The molecule has 8 nitrogen and oxygen atoms in total. The molecule has 1 amide bonds. The molecule has 0 aliphatic heterocycles. The molecule has 0 radical (unpaired) electrons. The van der Waals surface area contributed by atoms with Crippen molar-refractivity contribution in [2.45, 2.75) is 13.0 Å². The van der Waals surface area contributed by atoms with E-state index < -0.39 is 0 Å². The molecule has 0 saturated carbocycles. The molecular weight excluding hydrogens is 445 g/mol. The monoisotopic (exact) mass is 471 g/mol. The molecule has 0 unspecified atom stereocenters. The number of guanidine groups is 1. The zero-order valence-electron chi connectivity index (χ0n) is 15.3. The Morgan fingerprint density at radius 2 is 2.08 bits per heavy atom. The van der Waals surface area contributed by atoms with Crippen LogP contribution in [0.1, 0.15) is 11.4 Å². The quantitative estimate of drug-likeness (QED) is 0.355. The highest BCUT2D eigenvalue weighted by atomic mass is 127. The maximum atomic E-state index is 12.2. The second-order valence-electron chi connectivity index (χ2n) is 5.61. The first-order valence-corrected chi connectivity index (χ1v) is 8.15. The molecular formula is C17H26IN7O. The molecule has 2 heterocycles. The summed E-state index contributed by atoms with van der Waals surface area (Å²) < 4.78 is 1.79.